The minimum atomic E-state index is 0.344. The van der Waals surface area contributed by atoms with Crippen molar-refractivity contribution in [3.05, 3.63) is 22.9 Å². The normalized spacial score (nSPS) is 10.9. The fourth-order valence-electron chi connectivity index (χ4n) is 1.06. The molecule has 0 aliphatic rings. The number of nitrogens with zero attached hydrogens (tertiary/aromatic N) is 4. The first-order valence-corrected chi connectivity index (χ1v) is 3.90. The second-order valence-corrected chi connectivity index (χ2v) is 2.93. The molecule has 0 saturated heterocycles. The summed E-state index contributed by atoms with van der Waals surface area (Å²) in [6, 6.07) is 0. The monoisotopic (exact) mass is 182 g/mol. The van der Waals surface area contributed by atoms with Crippen LogP contribution in [0, 0.1) is 13.8 Å². The minimum absolute atomic E-state index is 0.344. The van der Waals surface area contributed by atoms with Gasteiger partial charge in [0.2, 0.25) is 5.28 Å². The van der Waals surface area contributed by atoms with E-state index in [0.717, 1.165) is 16.9 Å². The Morgan fingerprint density at radius 1 is 1.33 bits per heavy atom. The Hall–Kier alpha value is -1.16. The zero-order valence-corrected chi connectivity index (χ0v) is 7.50. The van der Waals surface area contributed by atoms with E-state index in [1.165, 1.54) is 10.8 Å². The Morgan fingerprint density at radius 3 is 2.75 bits per heavy atom. The van der Waals surface area contributed by atoms with Gasteiger partial charge in [0.25, 0.3) is 0 Å². The smallest absolute Gasteiger partial charge is 0.217 e. The predicted octanol–water partition coefficient (Wildman–Crippen LogP) is 1.39. The molecule has 62 valence electrons. The van der Waals surface area contributed by atoms with E-state index < -0.39 is 0 Å². The molecule has 5 heteroatoms. The van der Waals surface area contributed by atoms with E-state index in [1.807, 2.05) is 13.8 Å². The average Bonchev–Trinajstić information content (AvgIpc) is 2.32. The van der Waals surface area contributed by atoms with Gasteiger partial charge in [0, 0.05) is 5.56 Å². The first kappa shape index (κ1) is 7.49. The molecule has 0 bridgehead atoms. The molecule has 2 aromatic rings. The maximum Gasteiger partial charge on any atom is 0.227 e. The van der Waals surface area contributed by atoms with Crippen molar-refractivity contribution in [2.45, 2.75) is 13.8 Å². The van der Waals surface area contributed by atoms with E-state index in [2.05, 4.69) is 15.1 Å². The maximum absolute atomic E-state index is 5.79. The molecule has 2 aromatic heterocycles. The molecule has 0 amide bonds. The Labute approximate surface area is 74.2 Å². The van der Waals surface area contributed by atoms with E-state index in [-0.39, 0.29) is 0 Å². The molecule has 4 nitrogen and oxygen atoms in total. The zero-order valence-electron chi connectivity index (χ0n) is 6.74. The van der Waals surface area contributed by atoms with Crippen LogP contribution < -0.4 is 0 Å². The van der Waals surface area contributed by atoms with Crippen molar-refractivity contribution < 1.29 is 0 Å². The lowest BCUT2D eigenvalue weighted by molar-refractivity contribution is 0.877. The largest absolute Gasteiger partial charge is 0.227 e. The van der Waals surface area contributed by atoms with E-state index in [0.29, 0.717) is 5.28 Å². The zero-order chi connectivity index (χ0) is 8.72. The van der Waals surface area contributed by atoms with Gasteiger partial charge in [-0.15, -0.1) is 0 Å². The minimum Gasteiger partial charge on any atom is -0.217 e. The van der Waals surface area contributed by atoms with Crippen molar-refractivity contribution in [2.24, 2.45) is 0 Å². The highest BCUT2D eigenvalue weighted by molar-refractivity contribution is 6.28. The molecule has 0 radical (unpaired) electrons. The summed E-state index contributed by atoms with van der Waals surface area (Å²) in [6.07, 6.45) is 1.44. The number of hydrogen-bond acceptors (Lipinski definition) is 3. The molecule has 0 aliphatic carbocycles. The van der Waals surface area contributed by atoms with Gasteiger partial charge < -0.3 is 0 Å². The highest BCUT2D eigenvalue weighted by atomic mass is 35.5. The molecule has 12 heavy (non-hydrogen) atoms. The molecule has 2 rings (SSSR count). The van der Waals surface area contributed by atoms with Gasteiger partial charge in [-0.1, -0.05) is 0 Å². The van der Waals surface area contributed by atoms with Gasteiger partial charge in [-0.3, -0.25) is 0 Å². The van der Waals surface area contributed by atoms with E-state index >= 15 is 0 Å². The van der Waals surface area contributed by atoms with Crippen LogP contribution in [0.3, 0.4) is 0 Å². The molecular formula is C7H7ClN4. The van der Waals surface area contributed by atoms with Crippen LogP contribution in [0.15, 0.2) is 6.33 Å². The third kappa shape index (κ3) is 0.881. The van der Waals surface area contributed by atoms with Crippen molar-refractivity contribution in [3.63, 3.8) is 0 Å². The second kappa shape index (κ2) is 2.42. The van der Waals surface area contributed by atoms with Crippen LogP contribution in [-0.4, -0.2) is 19.6 Å². The van der Waals surface area contributed by atoms with Crippen LogP contribution in [0.5, 0.6) is 0 Å². The van der Waals surface area contributed by atoms with Gasteiger partial charge in [0.15, 0.2) is 5.65 Å². The molecule has 0 aliphatic heterocycles. The van der Waals surface area contributed by atoms with Gasteiger partial charge in [-0.2, -0.15) is 9.61 Å². The first-order chi connectivity index (χ1) is 5.70. The number of rotatable bonds is 0. The predicted molar refractivity (Wildman–Crippen MR) is 45.3 cm³/mol. The summed E-state index contributed by atoms with van der Waals surface area (Å²) in [7, 11) is 0. The fraction of sp³-hybridized carbons (Fsp3) is 0.286. The summed E-state index contributed by atoms with van der Waals surface area (Å²) < 4.78 is 1.53. The number of aromatic nitrogens is 4. The van der Waals surface area contributed by atoms with Crippen LogP contribution in [0.2, 0.25) is 5.28 Å². The molecule has 0 N–H and O–H groups in total. The molecule has 0 aromatic carbocycles. The molecule has 0 fully saturated rings. The summed E-state index contributed by atoms with van der Waals surface area (Å²) in [5.74, 6) is 0. The molecule has 0 unspecified atom stereocenters. The van der Waals surface area contributed by atoms with Crippen molar-refractivity contribution in [3.8, 4) is 0 Å². The molecule has 2 heterocycles. The first-order valence-electron chi connectivity index (χ1n) is 3.52. The summed E-state index contributed by atoms with van der Waals surface area (Å²) in [5.41, 5.74) is 2.74. The lowest BCUT2D eigenvalue weighted by Crippen LogP contribution is -1.94. The van der Waals surface area contributed by atoms with E-state index in [9.17, 15) is 0 Å². The van der Waals surface area contributed by atoms with Crippen LogP contribution in [0.25, 0.3) is 5.65 Å². The number of fused-ring (bicyclic) bond motifs is 1. The average molecular weight is 183 g/mol. The lowest BCUT2D eigenvalue weighted by Gasteiger charge is -1.92. The third-order valence-corrected chi connectivity index (χ3v) is 2.11. The van der Waals surface area contributed by atoms with Crippen molar-refractivity contribution in [2.75, 3.05) is 0 Å². The molecule has 0 saturated carbocycles. The molecule has 0 spiro atoms. The standard InChI is InChI=1S/C7H7ClN4/c1-4-5(2)11-12-6(4)9-3-10-7(12)8/h3H,1-2H3. The number of hydrogen-bond donors (Lipinski definition) is 0. The summed E-state index contributed by atoms with van der Waals surface area (Å²) in [6.45, 7) is 3.88. The topological polar surface area (TPSA) is 43.1 Å². The van der Waals surface area contributed by atoms with Gasteiger partial charge in [-0.05, 0) is 25.4 Å². The number of halogens is 1. The Morgan fingerprint density at radius 2 is 2.08 bits per heavy atom. The van der Waals surface area contributed by atoms with Crippen LogP contribution in [0.1, 0.15) is 11.3 Å². The highest BCUT2D eigenvalue weighted by Crippen LogP contribution is 2.13. The SMILES string of the molecule is Cc1nn2c(Cl)ncnc2c1C. The van der Waals surface area contributed by atoms with Gasteiger partial charge in [0.1, 0.15) is 6.33 Å². The Kier molecular flexibility index (Phi) is 1.51. The Bertz CT molecular complexity index is 434. The summed E-state index contributed by atoms with van der Waals surface area (Å²) in [5, 5.41) is 4.52. The maximum atomic E-state index is 5.79. The summed E-state index contributed by atoms with van der Waals surface area (Å²) in [4.78, 5) is 7.88. The van der Waals surface area contributed by atoms with Crippen LogP contribution in [0.4, 0.5) is 0 Å². The van der Waals surface area contributed by atoms with E-state index in [1.54, 1.807) is 0 Å². The summed E-state index contributed by atoms with van der Waals surface area (Å²) >= 11 is 5.79. The van der Waals surface area contributed by atoms with Crippen molar-refractivity contribution in [1.29, 1.82) is 0 Å². The van der Waals surface area contributed by atoms with E-state index in [4.69, 9.17) is 11.6 Å². The van der Waals surface area contributed by atoms with Crippen molar-refractivity contribution >= 4 is 17.2 Å². The second-order valence-electron chi connectivity index (χ2n) is 2.59. The van der Waals surface area contributed by atoms with Gasteiger partial charge in [0.05, 0.1) is 5.69 Å². The highest BCUT2D eigenvalue weighted by Gasteiger charge is 2.07. The van der Waals surface area contributed by atoms with Gasteiger partial charge >= 0.3 is 0 Å². The van der Waals surface area contributed by atoms with Crippen molar-refractivity contribution in [1.82, 2.24) is 19.6 Å². The molecular weight excluding hydrogens is 176 g/mol. The fourth-order valence-corrected chi connectivity index (χ4v) is 1.22. The quantitative estimate of drug-likeness (QED) is 0.619. The van der Waals surface area contributed by atoms with Gasteiger partial charge in [-0.25, -0.2) is 9.97 Å². The molecule has 0 atom stereocenters. The lowest BCUT2D eigenvalue weighted by atomic mass is 10.3. The van der Waals surface area contributed by atoms with Crippen LogP contribution >= 0.6 is 11.6 Å². The Balaban J connectivity index is 2.95. The number of aryl methyl sites for hydroxylation is 2. The van der Waals surface area contributed by atoms with Crippen LogP contribution in [-0.2, 0) is 0 Å². The third-order valence-electron chi connectivity index (χ3n) is 1.85.